The van der Waals surface area contributed by atoms with Crippen LogP contribution < -0.4 is 10.6 Å². The molecular weight excluding hydrogens is 663 g/mol. The number of esters is 1. The van der Waals surface area contributed by atoms with Gasteiger partial charge in [0, 0.05) is 47.1 Å². The third-order valence-electron chi connectivity index (χ3n) is 7.90. The number of benzene rings is 3. The van der Waals surface area contributed by atoms with E-state index >= 15 is 0 Å². The maximum atomic E-state index is 13.4. The first-order chi connectivity index (χ1) is 20.8. The van der Waals surface area contributed by atoms with E-state index in [1.54, 1.807) is 36.4 Å². The fourth-order valence-corrected chi connectivity index (χ4v) is 6.49. The lowest BCUT2D eigenvalue weighted by Gasteiger charge is -2.30. The first-order valence-electron chi connectivity index (χ1n) is 14.2. The first-order valence-corrected chi connectivity index (χ1v) is 15.3. The summed E-state index contributed by atoms with van der Waals surface area (Å²) in [6.45, 7) is 0.196. The highest BCUT2D eigenvalue weighted by atomic mass is 127. The molecule has 3 aromatic carbocycles. The maximum absolute atomic E-state index is 13.4. The van der Waals surface area contributed by atoms with Crippen LogP contribution in [-0.2, 0) is 38.4 Å². The second-order valence-corrected chi connectivity index (χ2v) is 12.0. The number of rotatable bonds is 8. The molecule has 2 aliphatic carbocycles. The minimum Gasteiger partial charge on any atom is -0.455 e. The molecule has 3 aliphatic rings. The van der Waals surface area contributed by atoms with Crippen molar-refractivity contribution in [3.63, 3.8) is 0 Å². The highest BCUT2D eigenvalue weighted by molar-refractivity contribution is 14.1. The van der Waals surface area contributed by atoms with Gasteiger partial charge in [-0.3, -0.25) is 9.59 Å². The normalized spacial score (nSPS) is 21.4. The Labute approximate surface area is 262 Å². The molecule has 43 heavy (non-hydrogen) atoms. The van der Waals surface area contributed by atoms with Gasteiger partial charge in [-0.1, -0.05) is 48.5 Å². The third-order valence-corrected chi connectivity index (χ3v) is 8.84. The van der Waals surface area contributed by atoms with Crippen molar-refractivity contribution in [1.82, 2.24) is 10.6 Å². The molecule has 3 N–H and O–H groups in total. The Morgan fingerprint density at radius 3 is 2.42 bits per heavy atom. The lowest BCUT2D eigenvalue weighted by molar-refractivity contribution is -0.172. The molecule has 2 amide bonds. The zero-order valence-electron chi connectivity index (χ0n) is 23.3. The lowest BCUT2D eigenvalue weighted by atomic mass is 9.91. The fraction of sp³-hybridized carbons (Fsp3) is 0.303. The number of hydrogen-bond donors (Lipinski definition) is 3. The minimum absolute atomic E-state index is 0.151. The molecule has 3 aromatic rings. The summed E-state index contributed by atoms with van der Waals surface area (Å²) in [4.78, 5) is 39.0. The van der Waals surface area contributed by atoms with E-state index in [2.05, 4.69) is 45.4 Å². The van der Waals surface area contributed by atoms with E-state index in [0.717, 1.165) is 20.3 Å². The Kier molecular flexibility index (Phi) is 8.62. The average Bonchev–Trinajstić information content (AvgIpc) is 3.57. The Morgan fingerprint density at radius 2 is 1.67 bits per heavy atom. The zero-order valence-corrected chi connectivity index (χ0v) is 25.4. The Bertz CT molecular complexity index is 1560. The monoisotopic (exact) mass is 694 g/mol. The Morgan fingerprint density at radius 1 is 0.930 bits per heavy atom. The molecule has 1 spiro atoms. The van der Waals surface area contributed by atoms with Crippen molar-refractivity contribution in [3.05, 3.63) is 116 Å². The molecule has 1 aliphatic heterocycles. The number of carbonyl (C=O) groups is 3. The van der Waals surface area contributed by atoms with Crippen LogP contribution in [0.25, 0.3) is 0 Å². The molecule has 0 aromatic heterocycles. The van der Waals surface area contributed by atoms with Crippen molar-refractivity contribution in [2.24, 2.45) is 0 Å². The highest BCUT2D eigenvalue weighted by Crippen LogP contribution is 2.45. The number of aliphatic hydroxyl groups excluding tert-OH is 1. The van der Waals surface area contributed by atoms with Crippen molar-refractivity contribution in [3.8, 4) is 0 Å². The van der Waals surface area contributed by atoms with E-state index in [1.807, 2.05) is 30.3 Å². The summed E-state index contributed by atoms with van der Waals surface area (Å²) in [7, 11) is 0. The van der Waals surface area contributed by atoms with Crippen LogP contribution >= 0.6 is 22.6 Å². The summed E-state index contributed by atoms with van der Waals surface area (Å²) < 4.78 is 19.9. The first kappa shape index (κ1) is 29.5. The van der Waals surface area contributed by atoms with Crippen LogP contribution in [0.5, 0.6) is 0 Å². The maximum Gasteiger partial charge on any atom is 0.339 e. The summed E-state index contributed by atoms with van der Waals surface area (Å²) in [6, 6.07) is 22.2. The van der Waals surface area contributed by atoms with Crippen LogP contribution in [0, 0.1) is 3.57 Å². The van der Waals surface area contributed by atoms with Crippen LogP contribution in [0.3, 0.4) is 0 Å². The van der Waals surface area contributed by atoms with Gasteiger partial charge in [0.05, 0.1) is 12.2 Å². The number of nitrogens with one attached hydrogen (secondary N) is 2. The van der Waals surface area contributed by atoms with Crippen LogP contribution in [0.4, 0.5) is 0 Å². The third kappa shape index (κ3) is 6.37. The Balaban J connectivity index is 1.20. The molecular formula is C33H31IN2O7. The average molecular weight is 695 g/mol. The van der Waals surface area contributed by atoms with Gasteiger partial charge in [0.2, 0.25) is 5.91 Å². The van der Waals surface area contributed by atoms with E-state index in [4.69, 9.17) is 19.3 Å². The number of carbonyl (C=O) groups excluding carboxylic acids is 3. The molecule has 9 nitrogen and oxygen atoms in total. The second kappa shape index (κ2) is 12.6. The van der Waals surface area contributed by atoms with Crippen molar-refractivity contribution in [1.29, 1.82) is 0 Å². The van der Waals surface area contributed by atoms with Gasteiger partial charge in [0.1, 0.15) is 18.3 Å². The molecule has 3 atom stereocenters. The van der Waals surface area contributed by atoms with Gasteiger partial charge in [-0.25, -0.2) is 4.79 Å². The van der Waals surface area contributed by atoms with Crippen LogP contribution in [0.2, 0.25) is 0 Å². The number of ether oxygens (including phenoxy) is 3. The predicted octanol–water partition coefficient (Wildman–Crippen LogP) is 3.46. The molecule has 1 fully saturated rings. The standard InChI is InChI=1S/C33H31IN2O7/c34-26-11-4-3-10-25(26)32(40)41-27-15-24(31(39)36-19-20-6-5-9-21(14-20)30(38)35-12-13-37)16-28-29(27)43-33(42-28)17-22-7-1-2-8-23(22)18-33/h1-11,14,16,27-29,37H,12-13,15,17-19H2,(H,35,38)(H,36,39)/t27-,28-,29+/m1/s1. The zero-order chi connectivity index (χ0) is 30.0. The van der Waals surface area contributed by atoms with Crippen LogP contribution in [0.1, 0.15) is 43.8 Å². The fourth-order valence-electron chi connectivity index (χ4n) is 5.88. The van der Waals surface area contributed by atoms with Crippen LogP contribution in [-0.4, -0.2) is 60.1 Å². The quantitative estimate of drug-likeness (QED) is 0.244. The van der Waals surface area contributed by atoms with Crippen LogP contribution in [0.15, 0.2) is 84.4 Å². The largest absolute Gasteiger partial charge is 0.455 e. The number of amides is 2. The predicted molar refractivity (Wildman–Crippen MR) is 165 cm³/mol. The molecule has 6 rings (SSSR count). The van der Waals surface area contributed by atoms with Gasteiger partial charge in [-0.05, 0) is 69.6 Å². The summed E-state index contributed by atoms with van der Waals surface area (Å²) in [5.41, 5.74) is 4.37. The van der Waals surface area contributed by atoms with Crippen molar-refractivity contribution in [2.45, 2.75) is 49.9 Å². The van der Waals surface area contributed by atoms with Crippen molar-refractivity contribution >= 4 is 40.4 Å². The van der Waals surface area contributed by atoms with E-state index < -0.39 is 30.1 Å². The molecule has 222 valence electrons. The molecule has 1 saturated heterocycles. The van der Waals surface area contributed by atoms with Gasteiger partial charge in [0.15, 0.2) is 5.79 Å². The SMILES string of the molecule is O=C(NCc1cccc(C(=O)NCCO)c1)C1=C[C@H]2OC3(Cc4ccccc4C3)O[C@H]2[C@H](OC(=O)c2ccccc2I)C1. The topological polar surface area (TPSA) is 123 Å². The summed E-state index contributed by atoms with van der Waals surface area (Å²) >= 11 is 2.10. The molecule has 10 heteroatoms. The minimum atomic E-state index is -0.885. The lowest BCUT2D eigenvalue weighted by Crippen LogP contribution is -2.43. The smallest absolute Gasteiger partial charge is 0.339 e. The van der Waals surface area contributed by atoms with Crippen molar-refractivity contribution < 1.29 is 33.7 Å². The van der Waals surface area contributed by atoms with Gasteiger partial charge < -0.3 is 30.0 Å². The Hall–Kier alpha value is -3.58. The van der Waals surface area contributed by atoms with E-state index in [0.29, 0.717) is 29.5 Å². The summed E-state index contributed by atoms with van der Waals surface area (Å²) in [5.74, 6) is -1.99. The number of halogens is 1. The van der Waals surface area contributed by atoms with E-state index in [1.165, 1.54) is 0 Å². The van der Waals surface area contributed by atoms with Crippen molar-refractivity contribution in [2.75, 3.05) is 13.2 Å². The van der Waals surface area contributed by atoms with Gasteiger partial charge in [-0.2, -0.15) is 0 Å². The molecule has 0 bridgehead atoms. The molecule has 0 radical (unpaired) electrons. The summed E-state index contributed by atoms with van der Waals surface area (Å²) in [5, 5.41) is 14.5. The number of fused-ring (bicyclic) bond motifs is 2. The van der Waals surface area contributed by atoms with E-state index in [-0.39, 0.29) is 37.9 Å². The summed E-state index contributed by atoms with van der Waals surface area (Å²) in [6.07, 6.45) is 1.22. The van der Waals surface area contributed by atoms with Gasteiger partial charge >= 0.3 is 5.97 Å². The van der Waals surface area contributed by atoms with E-state index in [9.17, 15) is 14.4 Å². The molecule has 0 saturated carbocycles. The van der Waals surface area contributed by atoms with Gasteiger partial charge in [0.25, 0.3) is 5.91 Å². The molecule has 0 unspecified atom stereocenters. The highest BCUT2D eigenvalue weighted by Gasteiger charge is 2.55. The number of hydrogen-bond acceptors (Lipinski definition) is 7. The second-order valence-electron chi connectivity index (χ2n) is 10.9. The number of aliphatic hydroxyl groups is 1. The van der Waals surface area contributed by atoms with Gasteiger partial charge in [-0.15, -0.1) is 0 Å². The molecule has 1 heterocycles.